The summed E-state index contributed by atoms with van der Waals surface area (Å²) in [4.78, 5) is 0. The van der Waals surface area contributed by atoms with Crippen molar-refractivity contribution in [1.82, 2.24) is 4.57 Å². The Bertz CT molecular complexity index is 881. The Kier molecular flexibility index (Phi) is 4.19. The van der Waals surface area contributed by atoms with Crippen LogP contribution in [0.25, 0.3) is 10.9 Å². The van der Waals surface area contributed by atoms with Crippen LogP contribution >= 0.6 is 0 Å². The predicted octanol–water partition coefficient (Wildman–Crippen LogP) is 3.25. The van der Waals surface area contributed by atoms with Crippen molar-refractivity contribution in [3.8, 4) is 0 Å². The second-order valence-corrected chi connectivity index (χ2v) is 6.81. The maximum Gasteiger partial charge on any atom is 0.128 e. The van der Waals surface area contributed by atoms with Crippen molar-refractivity contribution >= 4 is 16.6 Å². The van der Waals surface area contributed by atoms with E-state index in [-0.39, 0.29) is 17.8 Å². The van der Waals surface area contributed by atoms with Crippen molar-refractivity contribution in [3.63, 3.8) is 0 Å². The summed E-state index contributed by atoms with van der Waals surface area (Å²) >= 11 is 0. The van der Waals surface area contributed by atoms with Gasteiger partial charge in [-0.25, -0.2) is 4.39 Å². The number of hydrogen-bond donors (Lipinski definition) is 2. The van der Waals surface area contributed by atoms with E-state index in [1.54, 1.807) is 6.07 Å². The van der Waals surface area contributed by atoms with Gasteiger partial charge in [-0.3, -0.25) is 0 Å². The van der Waals surface area contributed by atoms with Crippen molar-refractivity contribution in [2.75, 3.05) is 31.7 Å². The number of hydrogen-bond acceptors (Lipinski definition) is 3. The first-order chi connectivity index (χ1) is 12.2. The Morgan fingerprint density at radius 2 is 2.00 bits per heavy atom. The van der Waals surface area contributed by atoms with E-state index in [0.29, 0.717) is 31.9 Å². The quantitative estimate of drug-likeness (QED) is 0.724. The molecule has 0 atom stereocenters. The average molecular weight is 340 g/mol. The van der Waals surface area contributed by atoms with Gasteiger partial charge in [0, 0.05) is 24.0 Å². The van der Waals surface area contributed by atoms with Crippen LogP contribution in [0.2, 0.25) is 0 Å². The number of fused-ring (bicyclic) bond motifs is 1. The van der Waals surface area contributed by atoms with Crippen LogP contribution in [0.3, 0.4) is 0 Å². The summed E-state index contributed by atoms with van der Waals surface area (Å²) in [6.45, 7) is 2.45. The largest absolute Gasteiger partial charge is 0.396 e. The smallest absolute Gasteiger partial charge is 0.128 e. The highest BCUT2D eigenvalue weighted by Gasteiger charge is 2.37. The van der Waals surface area contributed by atoms with E-state index < -0.39 is 0 Å². The zero-order valence-electron chi connectivity index (χ0n) is 13.9. The van der Waals surface area contributed by atoms with Crippen molar-refractivity contribution in [1.29, 1.82) is 0 Å². The van der Waals surface area contributed by atoms with Crippen molar-refractivity contribution in [2.45, 2.75) is 6.54 Å². The molecule has 1 fully saturated rings. The lowest BCUT2D eigenvalue weighted by atomic mass is 9.87. The standard InChI is InChI=1S/C20H21FN2O2/c21-18-4-2-1-3-16(18)10-23-8-7-15-5-6-17(9-19(15)23)22-11-20(12-24)13-25-14-20/h1-9,22,24H,10-14H2. The van der Waals surface area contributed by atoms with Crippen molar-refractivity contribution < 1.29 is 14.2 Å². The summed E-state index contributed by atoms with van der Waals surface area (Å²) in [5.41, 5.74) is 2.53. The number of aliphatic hydroxyl groups is 1. The van der Waals surface area contributed by atoms with Gasteiger partial charge in [-0.1, -0.05) is 24.3 Å². The number of aromatic nitrogens is 1. The molecule has 1 aliphatic rings. The normalized spacial score (nSPS) is 15.9. The predicted molar refractivity (Wildman–Crippen MR) is 96.3 cm³/mol. The van der Waals surface area contributed by atoms with Crippen LogP contribution in [0.4, 0.5) is 10.1 Å². The van der Waals surface area contributed by atoms with Crippen molar-refractivity contribution in [2.24, 2.45) is 5.41 Å². The molecule has 0 radical (unpaired) electrons. The number of nitrogens with zero attached hydrogens (tertiary/aromatic N) is 1. The van der Waals surface area contributed by atoms with E-state index in [1.165, 1.54) is 6.07 Å². The van der Waals surface area contributed by atoms with Gasteiger partial charge in [0.15, 0.2) is 0 Å². The third kappa shape index (κ3) is 3.13. The molecule has 2 aromatic carbocycles. The molecule has 0 spiro atoms. The van der Waals surface area contributed by atoms with Gasteiger partial charge < -0.3 is 19.7 Å². The van der Waals surface area contributed by atoms with Gasteiger partial charge in [0.25, 0.3) is 0 Å². The minimum absolute atomic E-state index is 0.117. The highest BCUT2D eigenvalue weighted by atomic mass is 19.1. The molecule has 2 N–H and O–H groups in total. The first-order valence-corrected chi connectivity index (χ1v) is 8.44. The summed E-state index contributed by atoms with van der Waals surface area (Å²) in [7, 11) is 0. The number of anilines is 1. The van der Waals surface area contributed by atoms with Crippen molar-refractivity contribution in [3.05, 3.63) is 66.1 Å². The third-order valence-corrected chi connectivity index (χ3v) is 4.89. The lowest BCUT2D eigenvalue weighted by Crippen LogP contribution is -2.50. The first-order valence-electron chi connectivity index (χ1n) is 8.44. The number of aliphatic hydroxyl groups excluding tert-OH is 1. The molecule has 130 valence electrons. The van der Waals surface area contributed by atoms with E-state index in [9.17, 15) is 9.50 Å². The van der Waals surface area contributed by atoms with Gasteiger partial charge >= 0.3 is 0 Å². The Labute approximate surface area is 145 Å². The van der Waals surface area contributed by atoms with Crippen LogP contribution in [0.15, 0.2) is 54.7 Å². The third-order valence-electron chi connectivity index (χ3n) is 4.89. The zero-order chi connectivity index (χ0) is 17.3. The van der Waals surface area contributed by atoms with E-state index in [0.717, 1.165) is 16.6 Å². The van der Waals surface area contributed by atoms with E-state index in [1.807, 2.05) is 35.0 Å². The molecule has 4 nitrogen and oxygen atoms in total. The molecule has 0 saturated carbocycles. The number of nitrogens with one attached hydrogen (secondary N) is 1. The molecular formula is C20H21FN2O2. The lowest BCUT2D eigenvalue weighted by Gasteiger charge is -2.40. The van der Waals surface area contributed by atoms with Crippen LogP contribution < -0.4 is 5.32 Å². The Hall–Kier alpha value is -2.37. The maximum absolute atomic E-state index is 13.9. The minimum Gasteiger partial charge on any atom is -0.396 e. The van der Waals surface area contributed by atoms with Gasteiger partial charge in [-0.15, -0.1) is 0 Å². The van der Waals surface area contributed by atoms with Crippen LogP contribution in [0, 0.1) is 11.2 Å². The summed E-state index contributed by atoms with van der Waals surface area (Å²) in [5, 5.41) is 14.0. The molecule has 3 aromatic rings. The molecule has 0 bridgehead atoms. The van der Waals surface area contributed by atoms with Crippen LogP contribution in [-0.2, 0) is 11.3 Å². The van der Waals surface area contributed by atoms with Crippen LogP contribution in [0.5, 0.6) is 0 Å². The van der Waals surface area contributed by atoms with E-state index in [2.05, 4.69) is 17.4 Å². The SMILES string of the molecule is OCC1(CNc2ccc3ccn(Cc4ccccc4F)c3c2)COC1. The zero-order valence-corrected chi connectivity index (χ0v) is 13.9. The number of halogens is 1. The highest BCUT2D eigenvalue weighted by molar-refractivity contribution is 5.83. The van der Waals surface area contributed by atoms with Gasteiger partial charge in [0.05, 0.1) is 37.3 Å². The fourth-order valence-corrected chi connectivity index (χ4v) is 3.17. The highest BCUT2D eigenvalue weighted by Crippen LogP contribution is 2.28. The number of ether oxygens (including phenoxy) is 1. The van der Waals surface area contributed by atoms with Crippen LogP contribution in [0.1, 0.15) is 5.56 Å². The fourth-order valence-electron chi connectivity index (χ4n) is 3.17. The molecule has 0 amide bonds. The molecule has 1 aromatic heterocycles. The molecule has 25 heavy (non-hydrogen) atoms. The van der Waals surface area contributed by atoms with E-state index >= 15 is 0 Å². The van der Waals surface area contributed by atoms with Gasteiger partial charge in [0.2, 0.25) is 0 Å². The Balaban J connectivity index is 1.56. The summed E-state index contributed by atoms with van der Waals surface area (Å²) in [6, 6.07) is 15.0. The molecule has 4 rings (SSSR count). The molecule has 0 aliphatic carbocycles. The first kappa shape index (κ1) is 16.1. The van der Waals surface area contributed by atoms with Gasteiger partial charge in [-0.05, 0) is 29.7 Å². The Morgan fingerprint density at radius 1 is 1.16 bits per heavy atom. The number of benzene rings is 2. The fraction of sp³-hybridized carbons (Fsp3) is 0.300. The summed E-state index contributed by atoms with van der Waals surface area (Å²) < 4.78 is 21.2. The molecule has 1 aliphatic heterocycles. The average Bonchev–Trinajstić information content (AvgIpc) is 2.99. The van der Waals surface area contributed by atoms with E-state index in [4.69, 9.17) is 4.74 Å². The molecule has 2 heterocycles. The summed E-state index contributed by atoms with van der Waals surface area (Å²) in [5.74, 6) is -0.187. The monoisotopic (exact) mass is 340 g/mol. The lowest BCUT2D eigenvalue weighted by molar-refractivity contribution is -0.128. The maximum atomic E-state index is 13.9. The topological polar surface area (TPSA) is 46.4 Å². The second-order valence-electron chi connectivity index (χ2n) is 6.81. The molecule has 5 heteroatoms. The molecular weight excluding hydrogens is 319 g/mol. The van der Waals surface area contributed by atoms with Crippen LogP contribution in [-0.4, -0.2) is 36.0 Å². The van der Waals surface area contributed by atoms with Gasteiger partial charge in [0.1, 0.15) is 5.82 Å². The number of rotatable bonds is 6. The Morgan fingerprint density at radius 3 is 2.72 bits per heavy atom. The molecule has 1 saturated heterocycles. The minimum atomic E-state index is -0.187. The second kappa shape index (κ2) is 6.50. The molecule has 0 unspecified atom stereocenters. The summed E-state index contributed by atoms with van der Waals surface area (Å²) in [6.07, 6.45) is 1.98. The van der Waals surface area contributed by atoms with Gasteiger partial charge in [-0.2, -0.15) is 0 Å².